The molecule has 0 spiro atoms. The molecule has 4 aromatic carbocycles. The van der Waals surface area contributed by atoms with Gasteiger partial charge >= 0.3 is 5.97 Å². The lowest BCUT2D eigenvalue weighted by molar-refractivity contribution is -0.116. The summed E-state index contributed by atoms with van der Waals surface area (Å²) in [5, 5.41) is 38.5. The molecule has 5 aromatic rings. The second kappa shape index (κ2) is 12.8. The Labute approximate surface area is 275 Å². The summed E-state index contributed by atoms with van der Waals surface area (Å²) in [6.45, 7) is 2.05. The summed E-state index contributed by atoms with van der Waals surface area (Å²) in [4.78, 5) is 38.8. The quantitative estimate of drug-likeness (QED) is 0.0845. The minimum Gasteiger partial charge on any atom is -0.478 e. The molecule has 2 heterocycles. The number of aromatic nitrogens is 4. The lowest BCUT2D eigenvalue weighted by atomic mass is 9.67. The third kappa shape index (κ3) is 6.08. The van der Waals surface area contributed by atoms with Gasteiger partial charge in [-0.2, -0.15) is 0 Å². The van der Waals surface area contributed by atoms with Gasteiger partial charge in [0, 0.05) is 46.3 Å². The predicted molar refractivity (Wildman–Crippen MR) is 180 cm³/mol. The molecule has 13 heteroatoms. The molecule has 0 saturated heterocycles. The average molecular weight is 644 g/mol. The lowest BCUT2D eigenvalue weighted by Gasteiger charge is -2.42. The van der Waals surface area contributed by atoms with Crippen molar-refractivity contribution >= 4 is 35.0 Å². The SMILES string of the molecule is CC1(c2ccccc2)CC(c2c(C(N)=O)ccc(-c3cccc(NC(=O)CCc4nnn[nH]4)c3)c2C(=O)O)Nc2ccc(C(=N)N)cc21. The number of primary amides is 1. The fraction of sp³-hybridized carbons (Fsp3) is 0.171. The normalized spacial score (nSPS) is 16.7. The highest BCUT2D eigenvalue weighted by atomic mass is 16.4. The molecule has 0 fully saturated rings. The Morgan fingerprint density at radius 1 is 1.02 bits per heavy atom. The monoisotopic (exact) mass is 643 g/mol. The zero-order chi connectivity index (χ0) is 34.0. The Balaban J connectivity index is 1.44. The van der Waals surface area contributed by atoms with Crippen molar-refractivity contribution in [2.75, 3.05) is 10.6 Å². The van der Waals surface area contributed by atoms with Gasteiger partial charge in [0.2, 0.25) is 11.8 Å². The number of tetrazole rings is 1. The van der Waals surface area contributed by atoms with Crippen LogP contribution in [0.3, 0.4) is 0 Å². The second-order valence-corrected chi connectivity index (χ2v) is 11.9. The first-order valence-corrected chi connectivity index (χ1v) is 15.2. The Kier molecular flexibility index (Phi) is 8.42. The maximum Gasteiger partial charge on any atom is 0.336 e. The first kappa shape index (κ1) is 31.6. The number of hydrogen-bond donors (Lipinski definition) is 7. The van der Waals surface area contributed by atoms with Crippen molar-refractivity contribution in [1.82, 2.24) is 20.6 Å². The van der Waals surface area contributed by atoms with Crippen LogP contribution in [0.4, 0.5) is 11.4 Å². The number of amidine groups is 1. The van der Waals surface area contributed by atoms with Crippen LogP contribution in [0.25, 0.3) is 11.1 Å². The number of carboxylic acids is 1. The molecule has 242 valence electrons. The number of nitrogens with zero attached hydrogens (tertiary/aromatic N) is 3. The molecule has 1 aliphatic rings. The van der Waals surface area contributed by atoms with Gasteiger partial charge in [0.05, 0.1) is 11.6 Å². The number of nitrogens with two attached hydrogens (primary N) is 2. The van der Waals surface area contributed by atoms with Crippen LogP contribution in [-0.4, -0.2) is 49.3 Å². The van der Waals surface area contributed by atoms with E-state index in [1.54, 1.807) is 42.5 Å². The van der Waals surface area contributed by atoms with Crippen LogP contribution >= 0.6 is 0 Å². The number of hydrogen-bond acceptors (Lipinski definition) is 8. The maximum absolute atomic E-state index is 13.2. The van der Waals surface area contributed by atoms with Crippen LogP contribution < -0.4 is 22.1 Å². The third-order valence-corrected chi connectivity index (χ3v) is 8.79. The Hall–Kier alpha value is -6.37. The molecular formula is C35H33N9O4. The summed E-state index contributed by atoms with van der Waals surface area (Å²) in [5.41, 5.74) is 15.8. The number of aromatic carboxylic acids is 1. The largest absolute Gasteiger partial charge is 0.478 e. The van der Waals surface area contributed by atoms with E-state index in [0.717, 1.165) is 11.1 Å². The molecule has 0 aliphatic carbocycles. The number of nitrogen functional groups attached to an aromatic ring is 1. The van der Waals surface area contributed by atoms with Gasteiger partial charge in [-0.1, -0.05) is 55.5 Å². The van der Waals surface area contributed by atoms with E-state index < -0.39 is 23.3 Å². The Bertz CT molecular complexity index is 2050. The average Bonchev–Trinajstić information content (AvgIpc) is 3.61. The predicted octanol–water partition coefficient (Wildman–Crippen LogP) is 4.38. The number of carbonyl (C=O) groups excluding carboxylic acids is 2. The van der Waals surface area contributed by atoms with Crippen molar-refractivity contribution in [2.45, 2.75) is 37.6 Å². The van der Waals surface area contributed by atoms with E-state index in [1.165, 1.54) is 0 Å². The van der Waals surface area contributed by atoms with E-state index in [0.29, 0.717) is 46.7 Å². The van der Waals surface area contributed by atoms with Gasteiger partial charge in [-0.25, -0.2) is 9.89 Å². The molecule has 2 unspecified atom stereocenters. The minimum atomic E-state index is -1.24. The molecular weight excluding hydrogens is 610 g/mol. The maximum atomic E-state index is 13.2. The van der Waals surface area contributed by atoms with E-state index in [-0.39, 0.29) is 34.9 Å². The number of carboxylic acid groups (broad SMARTS) is 1. The van der Waals surface area contributed by atoms with Crippen molar-refractivity contribution in [1.29, 1.82) is 5.41 Å². The zero-order valence-corrected chi connectivity index (χ0v) is 25.9. The lowest BCUT2D eigenvalue weighted by Crippen LogP contribution is -2.36. The van der Waals surface area contributed by atoms with Gasteiger partial charge in [0.25, 0.3) is 0 Å². The molecule has 48 heavy (non-hydrogen) atoms. The van der Waals surface area contributed by atoms with Crippen molar-refractivity contribution < 1.29 is 19.5 Å². The van der Waals surface area contributed by atoms with Gasteiger partial charge in [-0.3, -0.25) is 15.0 Å². The van der Waals surface area contributed by atoms with Gasteiger partial charge < -0.3 is 27.2 Å². The number of aryl methyl sites for hydroxylation is 1. The molecule has 13 nitrogen and oxygen atoms in total. The van der Waals surface area contributed by atoms with E-state index in [2.05, 4.69) is 38.2 Å². The van der Waals surface area contributed by atoms with Crippen LogP contribution in [0.15, 0.2) is 84.9 Å². The molecule has 2 atom stereocenters. The summed E-state index contributed by atoms with van der Waals surface area (Å²) in [6.07, 6.45) is 0.795. The highest BCUT2D eigenvalue weighted by Crippen LogP contribution is 2.50. The number of amides is 2. The number of nitrogens with one attached hydrogen (secondary N) is 4. The van der Waals surface area contributed by atoms with Crippen LogP contribution in [0.1, 0.15) is 74.6 Å². The summed E-state index contributed by atoms with van der Waals surface area (Å²) < 4.78 is 0. The number of carbonyl (C=O) groups is 3. The van der Waals surface area contributed by atoms with Crippen molar-refractivity contribution in [3.8, 4) is 11.1 Å². The number of H-pyrrole nitrogens is 1. The number of aromatic amines is 1. The summed E-state index contributed by atoms with van der Waals surface area (Å²) in [6, 6.07) is 24.5. The smallest absolute Gasteiger partial charge is 0.336 e. The first-order valence-electron chi connectivity index (χ1n) is 15.2. The number of fused-ring (bicyclic) bond motifs is 1. The molecule has 2 amide bonds. The molecule has 9 N–H and O–H groups in total. The van der Waals surface area contributed by atoms with Crippen LogP contribution in [0.2, 0.25) is 0 Å². The highest BCUT2D eigenvalue weighted by molar-refractivity contribution is 6.04. The summed E-state index contributed by atoms with van der Waals surface area (Å²) >= 11 is 0. The Morgan fingerprint density at radius 3 is 2.50 bits per heavy atom. The molecule has 0 bridgehead atoms. The van der Waals surface area contributed by atoms with Gasteiger partial charge in [-0.05, 0) is 75.5 Å². The fourth-order valence-corrected chi connectivity index (χ4v) is 6.48. The van der Waals surface area contributed by atoms with Crippen molar-refractivity contribution in [3.05, 3.63) is 124 Å². The summed E-state index contributed by atoms with van der Waals surface area (Å²) in [7, 11) is 0. The first-order chi connectivity index (χ1) is 23.0. The molecule has 1 aromatic heterocycles. The van der Waals surface area contributed by atoms with E-state index in [4.69, 9.17) is 16.9 Å². The van der Waals surface area contributed by atoms with E-state index in [1.807, 2.05) is 42.5 Å². The van der Waals surface area contributed by atoms with E-state index in [9.17, 15) is 19.5 Å². The Morgan fingerprint density at radius 2 is 1.81 bits per heavy atom. The molecule has 6 rings (SSSR count). The topological polar surface area (TPSA) is 226 Å². The van der Waals surface area contributed by atoms with Gasteiger partial charge in [-0.15, -0.1) is 5.10 Å². The van der Waals surface area contributed by atoms with Crippen molar-refractivity contribution in [2.24, 2.45) is 11.5 Å². The van der Waals surface area contributed by atoms with Crippen molar-refractivity contribution in [3.63, 3.8) is 0 Å². The standard InChI is InChI=1S/C35H33N9O4/c1-35(21-7-3-2-4-8-21)18-27(40-26-13-10-20(32(36)37)17-25(26)35)30-24(33(38)46)12-11-23(31(30)34(47)48)19-6-5-9-22(16-19)39-29(45)15-14-28-41-43-44-42-28/h2-13,16-17,27,40H,14-15,18H2,1H3,(H3,36,37)(H2,38,46)(H,39,45)(H,47,48)(H,41,42,43,44). The fourth-order valence-electron chi connectivity index (χ4n) is 6.48. The summed E-state index contributed by atoms with van der Waals surface area (Å²) in [5.74, 6) is -1.86. The minimum absolute atomic E-state index is 0.0715. The number of benzene rings is 4. The van der Waals surface area contributed by atoms with Gasteiger partial charge in [0.1, 0.15) is 11.7 Å². The van der Waals surface area contributed by atoms with E-state index >= 15 is 0 Å². The number of rotatable bonds is 10. The third-order valence-electron chi connectivity index (χ3n) is 8.79. The zero-order valence-electron chi connectivity index (χ0n) is 25.9. The van der Waals surface area contributed by atoms with Crippen LogP contribution in [0.5, 0.6) is 0 Å². The number of anilines is 2. The van der Waals surface area contributed by atoms with Crippen LogP contribution in [0, 0.1) is 5.41 Å². The van der Waals surface area contributed by atoms with Gasteiger partial charge in [0.15, 0.2) is 0 Å². The highest BCUT2D eigenvalue weighted by Gasteiger charge is 2.41. The second-order valence-electron chi connectivity index (χ2n) is 11.9. The molecule has 0 saturated carbocycles. The molecule has 1 aliphatic heterocycles. The van der Waals surface area contributed by atoms with Crippen LogP contribution in [-0.2, 0) is 16.6 Å². The molecule has 0 radical (unpaired) electrons.